The molecule has 0 atom stereocenters. The highest BCUT2D eigenvalue weighted by Gasteiger charge is 2.34. The van der Waals surface area contributed by atoms with Gasteiger partial charge in [0.25, 0.3) is 5.91 Å². The number of hydrogen-bond donors (Lipinski definition) is 1. The number of hydrogen-bond acceptors (Lipinski definition) is 3. The van der Waals surface area contributed by atoms with E-state index in [1.165, 1.54) is 0 Å². The van der Waals surface area contributed by atoms with Gasteiger partial charge >= 0.3 is 6.18 Å². The van der Waals surface area contributed by atoms with Crippen LogP contribution in [0.1, 0.15) is 43.7 Å². The number of carbonyl (C=O) groups is 1. The number of anilines is 1. The highest BCUT2D eigenvalue weighted by atomic mass is 19.4. The summed E-state index contributed by atoms with van der Waals surface area (Å²) in [5.74, 6) is -0.605. The Morgan fingerprint density at radius 3 is 2.24 bits per heavy atom. The van der Waals surface area contributed by atoms with Gasteiger partial charge in [0, 0.05) is 12.6 Å². The van der Waals surface area contributed by atoms with Crippen molar-refractivity contribution in [3.8, 4) is 0 Å². The predicted octanol–water partition coefficient (Wildman–Crippen LogP) is 3.07. The van der Waals surface area contributed by atoms with Crippen molar-refractivity contribution in [2.24, 2.45) is 11.7 Å². The highest BCUT2D eigenvalue weighted by Crippen LogP contribution is 2.31. The number of aromatic nitrogens is 1. The summed E-state index contributed by atoms with van der Waals surface area (Å²) in [6.45, 7) is 8.01. The van der Waals surface area contributed by atoms with Gasteiger partial charge < -0.3 is 10.6 Å². The summed E-state index contributed by atoms with van der Waals surface area (Å²) in [4.78, 5) is 16.8. The molecule has 0 saturated carbocycles. The number of nitrogens with zero attached hydrogens (tertiary/aromatic N) is 2. The van der Waals surface area contributed by atoms with Gasteiger partial charge in [0.05, 0.1) is 5.56 Å². The monoisotopic (exact) mass is 303 g/mol. The molecule has 4 nitrogen and oxygen atoms in total. The zero-order chi connectivity index (χ0) is 16.4. The van der Waals surface area contributed by atoms with E-state index in [2.05, 4.69) is 4.98 Å². The second kappa shape index (κ2) is 6.32. The van der Waals surface area contributed by atoms with E-state index in [1.54, 1.807) is 4.90 Å². The maximum absolute atomic E-state index is 12.8. The number of pyridine rings is 1. The number of rotatable bonds is 5. The molecule has 0 fully saturated rings. The van der Waals surface area contributed by atoms with Crippen LogP contribution in [0.25, 0.3) is 0 Å². The first kappa shape index (κ1) is 17.3. The number of amides is 1. The maximum Gasteiger partial charge on any atom is 0.433 e. The molecule has 1 heterocycles. The van der Waals surface area contributed by atoms with E-state index in [9.17, 15) is 18.0 Å². The van der Waals surface area contributed by atoms with Crippen LogP contribution in [0, 0.1) is 5.92 Å². The Bertz CT molecular complexity index is 513. The molecule has 0 radical (unpaired) electrons. The molecule has 118 valence electrons. The minimum Gasteiger partial charge on any atom is -0.365 e. The number of alkyl halides is 3. The first-order chi connectivity index (χ1) is 9.54. The fraction of sp³-hybridized carbons (Fsp3) is 0.571. The third-order valence-electron chi connectivity index (χ3n) is 2.89. The van der Waals surface area contributed by atoms with Crippen molar-refractivity contribution >= 4 is 11.7 Å². The van der Waals surface area contributed by atoms with Gasteiger partial charge in [0.1, 0.15) is 11.5 Å². The third-order valence-corrected chi connectivity index (χ3v) is 2.89. The molecule has 0 saturated heterocycles. The van der Waals surface area contributed by atoms with Crippen LogP contribution in [0.2, 0.25) is 0 Å². The molecule has 1 amide bonds. The molecule has 1 rings (SSSR count). The summed E-state index contributed by atoms with van der Waals surface area (Å²) >= 11 is 0. The van der Waals surface area contributed by atoms with Crippen LogP contribution >= 0.6 is 0 Å². The normalized spacial score (nSPS) is 12.0. The second-order valence-corrected chi connectivity index (χ2v) is 5.57. The fourth-order valence-corrected chi connectivity index (χ4v) is 1.95. The van der Waals surface area contributed by atoms with Gasteiger partial charge in [-0.25, -0.2) is 4.98 Å². The van der Waals surface area contributed by atoms with Crippen LogP contribution in [-0.2, 0) is 6.18 Å². The van der Waals surface area contributed by atoms with Crippen LogP contribution in [-0.4, -0.2) is 23.5 Å². The zero-order valence-corrected chi connectivity index (χ0v) is 12.5. The summed E-state index contributed by atoms with van der Waals surface area (Å²) in [6.07, 6.45) is -4.56. The maximum atomic E-state index is 12.8. The molecule has 0 aromatic carbocycles. The van der Waals surface area contributed by atoms with E-state index in [4.69, 9.17) is 5.73 Å². The van der Waals surface area contributed by atoms with Crippen molar-refractivity contribution < 1.29 is 18.0 Å². The molecule has 0 spiro atoms. The average Bonchev–Trinajstić information content (AvgIpc) is 2.33. The van der Waals surface area contributed by atoms with E-state index >= 15 is 0 Å². The van der Waals surface area contributed by atoms with Gasteiger partial charge in [-0.1, -0.05) is 13.8 Å². The summed E-state index contributed by atoms with van der Waals surface area (Å²) in [5, 5.41) is 0. The first-order valence-electron chi connectivity index (χ1n) is 6.68. The van der Waals surface area contributed by atoms with E-state index in [0.29, 0.717) is 6.54 Å². The number of halogens is 3. The Kier molecular flexibility index (Phi) is 5.20. The zero-order valence-electron chi connectivity index (χ0n) is 12.5. The van der Waals surface area contributed by atoms with Crippen molar-refractivity contribution in [3.63, 3.8) is 0 Å². The van der Waals surface area contributed by atoms with Crippen LogP contribution in [0.4, 0.5) is 19.0 Å². The SMILES string of the molecule is CC(C)CN(c1nc(C(F)(F)F)ccc1C(N)=O)C(C)C. The van der Waals surface area contributed by atoms with Crippen molar-refractivity contribution in [2.75, 3.05) is 11.4 Å². The van der Waals surface area contributed by atoms with Gasteiger partial charge in [-0.3, -0.25) is 4.79 Å². The summed E-state index contributed by atoms with van der Waals surface area (Å²) in [7, 11) is 0. The summed E-state index contributed by atoms with van der Waals surface area (Å²) in [5.41, 5.74) is 4.22. The lowest BCUT2D eigenvalue weighted by atomic mass is 10.1. The van der Waals surface area contributed by atoms with Gasteiger partial charge in [-0.15, -0.1) is 0 Å². The Labute approximate surface area is 122 Å². The van der Waals surface area contributed by atoms with Gasteiger partial charge in [0.2, 0.25) is 0 Å². The van der Waals surface area contributed by atoms with E-state index in [0.717, 1.165) is 12.1 Å². The number of nitrogens with two attached hydrogens (primary N) is 1. The lowest BCUT2D eigenvalue weighted by Crippen LogP contribution is -2.37. The van der Waals surface area contributed by atoms with E-state index in [1.807, 2.05) is 27.7 Å². The standard InChI is InChI=1S/C14H20F3N3O/c1-8(2)7-20(9(3)4)13-10(12(18)21)5-6-11(19-13)14(15,16)17/h5-6,8-9H,7H2,1-4H3,(H2,18,21). The highest BCUT2D eigenvalue weighted by molar-refractivity contribution is 5.97. The Hall–Kier alpha value is -1.79. The topological polar surface area (TPSA) is 59.2 Å². The molecule has 21 heavy (non-hydrogen) atoms. The van der Waals surface area contributed by atoms with E-state index in [-0.39, 0.29) is 23.3 Å². The molecule has 2 N–H and O–H groups in total. The largest absolute Gasteiger partial charge is 0.433 e. The predicted molar refractivity (Wildman–Crippen MR) is 75.1 cm³/mol. The molecular formula is C14H20F3N3O. The van der Waals surface area contributed by atoms with E-state index < -0.39 is 17.8 Å². The summed E-state index contributed by atoms with van der Waals surface area (Å²) in [6, 6.07) is 1.75. The van der Waals surface area contributed by atoms with Crippen molar-refractivity contribution in [1.82, 2.24) is 4.98 Å². The molecule has 0 aliphatic carbocycles. The third kappa shape index (κ3) is 4.34. The molecule has 7 heteroatoms. The number of primary amides is 1. The lowest BCUT2D eigenvalue weighted by Gasteiger charge is -2.31. The molecule has 0 aliphatic heterocycles. The first-order valence-corrected chi connectivity index (χ1v) is 6.68. The smallest absolute Gasteiger partial charge is 0.365 e. The van der Waals surface area contributed by atoms with Gasteiger partial charge in [0.15, 0.2) is 0 Å². The molecule has 0 unspecified atom stereocenters. The average molecular weight is 303 g/mol. The molecule has 1 aromatic heterocycles. The van der Waals surface area contributed by atoms with Crippen molar-refractivity contribution in [2.45, 2.75) is 39.9 Å². The van der Waals surface area contributed by atoms with Crippen molar-refractivity contribution in [1.29, 1.82) is 0 Å². The van der Waals surface area contributed by atoms with Crippen LogP contribution in [0.5, 0.6) is 0 Å². The quantitative estimate of drug-likeness (QED) is 0.909. The fourth-order valence-electron chi connectivity index (χ4n) is 1.95. The molecular weight excluding hydrogens is 283 g/mol. The molecule has 0 bridgehead atoms. The lowest BCUT2D eigenvalue weighted by molar-refractivity contribution is -0.141. The van der Waals surface area contributed by atoms with Gasteiger partial charge in [-0.2, -0.15) is 13.2 Å². The van der Waals surface area contributed by atoms with Crippen LogP contribution in [0.3, 0.4) is 0 Å². The second-order valence-electron chi connectivity index (χ2n) is 5.57. The Morgan fingerprint density at radius 1 is 1.29 bits per heavy atom. The van der Waals surface area contributed by atoms with Gasteiger partial charge in [-0.05, 0) is 31.9 Å². The number of carbonyl (C=O) groups excluding carboxylic acids is 1. The van der Waals surface area contributed by atoms with Crippen molar-refractivity contribution in [3.05, 3.63) is 23.4 Å². The van der Waals surface area contributed by atoms with Crippen LogP contribution in [0.15, 0.2) is 12.1 Å². The minimum atomic E-state index is -4.56. The Morgan fingerprint density at radius 2 is 1.86 bits per heavy atom. The Balaban J connectivity index is 3.43. The summed E-state index contributed by atoms with van der Waals surface area (Å²) < 4.78 is 38.5. The molecule has 1 aromatic rings. The minimum absolute atomic E-state index is 0.00245. The molecule has 0 aliphatic rings. The van der Waals surface area contributed by atoms with Crippen LogP contribution < -0.4 is 10.6 Å².